The number of hydrogen-bond donors (Lipinski definition) is 2. The molecule has 0 bridgehead atoms. The summed E-state index contributed by atoms with van der Waals surface area (Å²) in [5.41, 5.74) is -0.496. The average molecular weight is 423 g/mol. The molecule has 3 amide bonds. The van der Waals surface area contributed by atoms with Gasteiger partial charge in [-0.25, -0.2) is 0 Å². The molecule has 0 unspecified atom stereocenters. The molecule has 0 aliphatic carbocycles. The van der Waals surface area contributed by atoms with Gasteiger partial charge in [0, 0.05) is 17.5 Å². The third kappa shape index (κ3) is 2.49. The fourth-order valence-corrected chi connectivity index (χ4v) is 5.86. The first-order valence-corrected chi connectivity index (χ1v) is 11.2. The van der Waals surface area contributed by atoms with Crippen LogP contribution in [0.4, 0.5) is 5.69 Å². The first kappa shape index (κ1) is 19.7. The molecule has 0 saturated carbocycles. The Labute approximate surface area is 173 Å². The molecule has 4 rings (SSSR count). The molecular formula is C20H25ClN3O3S+. The Morgan fingerprint density at radius 2 is 1.96 bits per heavy atom. The smallest absolute Gasteiger partial charge is 0.291 e. The maximum Gasteiger partial charge on any atom is 0.291 e. The number of carbonyl (C=O) groups excluding carboxylic acids is 3. The van der Waals surface area contributed by atoms with E-state index in [1.54, 1.807) is 23.9 Å². The summed E-state index contributed by atoms with van der Waals surface area (Å²) in [5, 5.41) is 5.30. The zero-order valence-electron chi connectivity index (χ0n) is 16.4. The second-order valence-corrected chi connectivity index (χ2v) is 10.2. The summed E-state index contributed by atoms with van der Waals surface area (Å²) in [6.07, 6.45) is 2.77. The molecule has 3 aliphatic heterocycles. The van der Waals surface area contributed by atoms with Gasteiger partial charge in [-0.2, -0.15) is 11.8 Å². The highest BCUT2D eigenvalue weighted by molar-refractivity contribution is 7.98. The molecule has 28 heavy (non-hydrogen) atoms. The van der Waals surface area contributed by atoms with Crippen LogP contribution in [0, 0.1) is 11.8 Å². The standard InChI is InChI=1S/C20H24ClN3O3S/c1-19(2,3)24-16(25)13-12(8-9-28-4)23-20(14(13)17(24)26)10-6-5-7-11(21)15(10)22-18(20)27/h5-7,12-14,23H,8-9H2,1-4H3,(H,22,27)/p+1/t12-,13-,14+,20+/m1/s1. The Morgan fingerprint density at radius 3 is 2.61 bits per heavy atom. The van der Waals surface area contributed by atoms with E-state index in [9.17, 15) is 14.4 Å². The number of quaternary nitrogens is 1. The van der Waals surface area contributed by atoms with Crippen molar-refractivity contribution in [3.63, 3.8) is 0 Å². The van der Waals surface area contributed by atoms with Crippen molar-refractivity contribution in [2.75, 3.05) is 17.3 Å². The largest absolute Gasteiger partial charge is 0.326 e. The van der Waals surface area contributed by atoms with Crippen molar-refractivity contribution < 1.29 is 19.7 Å². The number of imide groups is 1. The number of benzene rings is 1. The minimum atomic E-state index is -1.14. The van der Waals surface area contributed by atoms with E-state index in [0.717, 1.165) is 12.2 Å². The molecule has 4 atom stereocenters. The van der Waals surface area contributed by atoms with Crippen LogP contribution in [0.1, 0.15) is 32.8 Å². The monoisotopic (exact) mass is 422 g/mol. The number of nitrogens with one attached hydrogen (secondary N) is 1. The fraction of sp³-hybridized carbons (Fsp3) is 0.550. The predicted molar refractivity (Wildman–Crippen MR) is 109 cm³/mol. The predicted octanol–water partition coefficient (Wildman–Crippen LogP) is 1.59. The molecule has 1 aromatic rings. The van der Waals surface area contributed by atoms with E-state index in [0.29, 0.717) is 16.3 Å². The second kappa shape index (κ2) is 6.47. The average Bonchev–Trinajstić information content (AvgIpc) is 3.19. The second-order valence-electron chi connectivity index (χ2n) is 8.78. The lowest BCUT2D eigenvalue weighted by atomic mass is 9.76. The number of fused-ring (bicyclic) bond motifs is 4. The minimum Gasteiger partial charge on any atom is -0.326 e. The van der Waals surface area contributed by atoms with Crippen molar-refractivity contribution in [1.82, 2.24) is 4.90 Å². The van der Waals surface area contributed by atoms with Gasteiger partial charge in [-0.3, -0.25) is 19.3 Å². The maximum atomic E-state index is 13.5. The highest BCUT2D eigenvalue weighted by Gasteiger charge is 2.74. The molecule has 0 aromatic heterocycles. The van der Waals surface area contributed by atoms with Gasteiger partial charge in [-0.1, -0.05) is 17.7 Å². The number of nitrogens with two attached hydrogens (primary N) is 1. The van der Waals surface area contributed by atoms with Gasteiger partial charge in [0.15, 0.2) is 0 Å². The van der Waals surface area contributed by atoms with Gasteiger partial charge < -0.3 is 10.6 Å². The number of anilines is 1. The molecule has 3 aliphatic rings. The summed E-state index contributed by atoms with van der Waals surface area (Å²) in [6, 6.07) is 5.24. The molecular weight excluding hydrogens is 398 g/mol. The number of para-hydroxylation sites is 1. The van der Waals surface area contributed by atoms with Gasteiger partial charge in [0.25, 0.3) is 5.91 Å². The number of halogens is 1. The van der Waals surface area contributed by atoms with Crippen molar-refractivity contribution in [1.29, 1.82) is 0 Å². The summed E-state index contributed by atoms with van der Waals surface area (Å²) in [5.74, 6) is -1.03. The van der Waals surface area contributed by atoms with E-state index in [2.05, 4.69) is 5.32 Å². The first-order valence-electron chi connectivity index (χ1n) is 9.48. The van der Waals surface area contributed by atoms with Crippen molar-refractivity contribution in [2.24, 2.45) is 11.8 Å². The molecule has 1 spiro atoms. The van der Waals surface area contributed by atoms with Crippen molar-refractivity contribution in [3.8, 4) is 0 Å². The van der Waals surface area contributed by atoms with Crippen LogP contribution >= 0.6 is 23.4 Å². The number of likely N-dealkylation sites (tertiary alicyclic amines) is 1. The highest BCUT2D eigenvalue weighted by atomic mass is 35.5. The van der Waals surface area contributed by atoms with Crippen molar-refractivity contribution in [2.45, 2.75) is 44.3 Å². The van der Waals surface area contributed by atoms with E-state index in [-0.39, 0.29) is 23.8 Å². The Kier molecular flexibility index (Phi) is 4.56. The molecule has 8 heteroatoms. The van der Waals surface area contributed by atoms with Crippen LogP contribution in [0.25, 0.3) is 0 Å². The molecule has 6 nitrogen and oxygen atoms in total. The Morgan fingerprint density at radius 1 is 1.25 bits per heavy atom. The third-order valence-corrected chi connectivity index (χ3v) is 7.14. The van der Waals surface area contributed by atoms with Crippen LogP contribution < -0.4 is 10.6 Å². The lowest BCUT2D eigenvalue weighted by Crippen LogP contribution is -2.99. The summed E-state index contributed by atoms with van der Waals surface area (Å²) in [4.78, 5) is 41.6. The summed E-state index contributed by atoms with van der Waals surface area (Å²) in [6.45, 7) is 5.57. The van der Waals surface area contributed by atoms with E-state index in [4.69, 9.17) is 11.6 Å². The van der Waals surface area contributed by atoms with E-state index in [1.807, 2.05) is 38.4 Å². The zero-order chi connectivity index (χ0) is 20.4. The van der Waals surface area contributed by atoms with Gasteiger partial charge in [-0.15, -0.1) is 0 Å². The molecule has 150 valence electrons. The van der Waals surface area contributed by atoms with Crippen LogP contribution in [-0.4, -0.2) is 46.2 Å². The quantitative estimate of drug-likeness (QED) is 0.724. The first-order chi connectivity index (χ1) is 13.1. The normalized spacial score (nSPS) is 31.5. The van der Waals surface area contributed by atoms with Crippen LogP contribution in [0.2, 0.25) is 5.02 Å². The molecule has 3 N–H and O–H groups in total. The molecule has 0 radical (unpaired) electrons. The zero-order valence-corrected chi connectivity index (χ0v) is 18.0. The van der Waals surface area contributed by atoms with Crippen molar-refractivity contribution in [3.05, 3.63) is 28.8 Å². The van der Waals surface area contributed by atoms with Crippen LogP contribution in [-0.2, 0) is 19.9 Å². The minimum absolute atomic E-state index is 0.128. The van der Waals surface area contributed by atoms with E-state index >= 15 is 0 Å². The van der Waals surface area contributed by atoms with Gasteiger partial charge in [0.05, 0.1) is 10.7 Å². The summed E-state index contributed by atoms with van der Waals surface area (Å²) in [7, 11) is 0. The fourth-order valence-electron chi connectivity index (χ4n) is 5.13. The van der Waals surface area contributed by atoms with Gasteiger partial charge in [-0.05, 0) is 44.9 Å². The van der Waals surface area contributed by atoms with Gasteiger partial charge in [0.1, 0.15) is 17.9 Å². The lowest BCUT2D eigenvalue weighted by Gasteiger charge is -2.33. The Hall–Kier alpha value is -1.57. The molecule has 1 aromatic carbocycles. The van der Waals surface area contributed by atoms with Crippen LogP contribution in [0.3, 0.4) is 0 Å². The number of hydrogen-bond acceptors (Lipinski definition) is 4. The van der Waals surface area contributed by atoms with E-state index < -0.39 is 22.9 Å². The number of amides is 3. The van der Waals surface area contributed by atoms with Crippen LogP contribution in [0.15, 0.2) is 18.2 Å². The Balaban J connectivity index is 1.89. The number of carbonyl (C=O) groups is 3. The highest BCUT2D eigenvalue weighted by Crippen LogP contribution is 2.51. The summed E-state index contributed by atoms with van der Waals surface area (Å²) >= 11 is 8.03. The number of thioether (sulfide) groups is 1. The topological polar surface area (TPSA) is 83.1 Å². The SMILES string of the molecule is CSCC[C@H]1[NH2+][C@]2(C(=O)Nc3c(Cl)cccc32)[C@@H]2C(=O)N(C(C)(C)C)C(=O)[C@@H]21. The van der Waals surface area contributed by atoms with Crippen molar-refractivity contribution >= 4 is 46.8 Å². The number of rotatable bonds is 3. The summed E-state index contributed by atoms with van der Waals surface area (Å²) < 4.78 is 0. The van der Waals surface area contributed by atoms with Gasteiger partial charge in [0.2, 0.25) is 17.4 Å². The van der Waals surface area contributed by atoms with Gasteiger partial charge >= 0.3 is 0 Å². The molecule has 2 fully saturated rings. The molecule has 2 saturated heterocycles. The Bertz CT molecular complexity index is 884. The molecule has 3 heterocycles. The maximum absolute atomic E-state index is 13.5. The van der Waals surface area contributed by atoms with E-state index in [1.165, 1.54) is 4.90 Å². The van der Waals surface area contributed by atoms with Crippen LogP contribution in [0.5, 0.6) is 0 Å². The third-order valence-electron chi connectivity index (χ3n) is 6.18. The number of nitrogens with zero attached hydrogens (tertiary/aromatic N) is 1. The lowest BCUT2D eigenvalue weighted by molar-refractivity contribution is -0.733.